The molecule has 2 heterocycles. The molecule has 0 aromatic heterocycles. The Bertz CT molecular complexity index is 329. The van der Waals surface area contributed by atoms with Crippen LogP contribution in [-0.2, 0) is 11.2 Å². The van der Waals surface area contributed by atoms with Gasteiger partial charge in [-0.05, 0) is 17.2 Å². The maximum Gasteiger partial charge on any atom is 0.122 e. The zero-order chi connectivity index (χ0) is 8.67. The third-order valence-electron chi connectivity index (χ3n) is 2.82. The summed E-state index contributed by atoms with van der Waals surface area (Å²) in [5.41, 5.74) is 2.78. The molecule has 0 radical (unpaired) electrons. The van der Waals surface area contributed by atoms with Gasteiger partial charge in [0.05, 0.1) is 19.8 Å². The van der Waals surface area contributed by atoms with Crippen LogP contribution in [0.2, 0.25) is 0 Å². The lowest BCUT2D eigenvalue weighted by atomic mass is 9.95. The first-order valence-corrected chi connectivity index (χ1v) is 4.77. The summed E-state index contributed by atoms with van der Waals surface area (Å²) in [5, 5.41) is 0. The van der Waals surface area contributed by atoms with Gasteiger partial charge < -0.3 is 9.47 Å². The molecule has 0 bridgehead atoms. The van der Waals surface area contributed by atoms with Crippen LogP contribution in [0.3, 0.4) is 0 Å². The van der Waals surface area contributed by atoms with E-state index in [1.165, 1.54) is 11.1 Å². The monoisotopic (exact) mass is 176 g/mol. The summed E-state index contributed by atoms with van der Waals surface area (Å²) in [4.78, 5) is 0. The Morgan fingerprint density at radius 2 is 2.15 bits per heavy atom. The average molecular weight is 176 g/mol. The smallest absolute Gasteiger partial charge is 0.122 e. The molecular formula is C11H12O2. The van der Waals surface area contributed by atoms with Crippen molar-refractivity contribution in [1.82, 2.24) is 0 Å². The normalized spacial score (nSPS) is 20.6. The van der Waals surface area contributed by atoms with Crippen molar-refractivity contribution in [2.24, 2.45) is 0 Å². The molecule has 0 spiro atoms. The molecule has 3 rings (SSSR count). The minimum Gasteiger partial charge on any atom is -0.493 e. The number of fused-ring (bicyclic) bond motifs is 1. The second-order valence-electron chi connectivity index (χ2n) is 3.70. The highest BCUT2D eigenvalue weighted by atomic mass is 16.5. The predicted molar refractivity (Wildman–Crippen MR) is 49.2 cm³/mol. The van der Waals surface area contributed by atoms with Gasteiger partial charge in [0.25, 0.3) is 0 Å². The highest BCUT2D eigenvalue weighted by Crippen LogP contribution is 2.31. The SMILES string of the molecule is c1cc2c(cc1C1COC1)CCO2. The van der Waals surface area contributed by atoms with Crippen LogP contribution in [0.15, 0.2) is 18.2 Å². The molecule has 13 heavy (non-hydrogen) atoms. The fourth-order valence-electron chi connectivity index (χ4n) is 1.89. The van der Waals surface area contributed by atoms with Gasteiger partial charge in [0.2, 0.25) is 0 Å². The zero-order valence-electron chi connectivity index (χ0n) is 7.45. The van der Waals surface area contributed by atoms with Gasteiger partial charge in [0, 0.05) is 12.3 Å². The number of ether oxygens (including phenoxy) is 2. The topological polar surface area (TPSA) is 18.5 Å². The molecule has 0 aliphatic carbocycles. The summed E-state index contributed by atoms with van der Waals surface area (Å²) in [6, 6.07) is 6.53. The maximum atomic E-state index is 5.45. The Kier molecular flexibility index (Phi) is 1.56. The first-order chi connectivity index (χ1) is 6.43. The highest BCUT2D eigenvalue weighted by Gasteiger charge is 2.22. The molecule has 2 aliphatic rings. The number of benzene rings is 1. The van der Waals surface area contributed by atoms with Crippen LogP contribution in [-0.4, -0.2) is 19.8 Å². The Morgan fingerprint density at radius 3 is 2.92 bits per heavy atom. The van der Waals surface area contributed by atoms with Crippen molar-refractivity contribution < 1.29 is 9.47 Å². The van der Waals surface area contributed by atoms with Crippen LogP contribution in [0, 0.1) is 0 Å². The van der Waals surface area contributed by atoms with E-state index >= 15 is 0 Å². The minimum absolute atomic E-state index is 0.630. The molecule has 1 fully saturated rings. The van der Waals surface area contributed by atoms with Crippen LogP contribution >= 0.6 is 0 Å². The Balaban J connectivity index is 1.95. The van der Waals surface area contributed by atoms with Gasteiger partial charge in [0.15, 0.2) is 0 Å². The van der Waals surface area contributed by atoms with Crippen molar-refractivity contribution in [3.63, 3.8) is 0 Å². The van der Waals surface area contributed by atoms with Crippen molar-refractivity contribution in [3.8, 4) is 5.75 Å². The van der Waals surface area contributed by atoms with E-state index < -0.39 is 0 Å². The number of hydrogen-bond acceptors (Lipinski definition) is 2. The van der Waals surface area contributed by atoms with E-state index in [4.69, 9.17) is 9.47 Å². The second-order valence-corrected chi connectivity index (χ2v) is 3.70. The molecule has 0 saturated carbocycles. The van der Waals surface area contributed by atoms with E-state index in [1.54, 1.807) is 0 Å². The second kappa shape index (κ2) is 2.74. The molecule has 1 aromatic rings. The summed E-state index contributed by atoms with van der Waals surface area (Å²) >= 11 is 0. The van der Waals surface area contributed by atoms with Gasteiger partial charge >= 0.3 is 0 Å². The van der Waals surface area contributed by atoms with Crippen LogP contribution < -0.4 is 4.74 Å². The van der Waals surface area contributed by atoms with Crippen LogP contribution in [0.5, 0.6) is 5.75 Å². The van der Waals surface area contributed by atoms with Crippen molar-refractivity contribution >= 4 is 0 Å². The van der Waals surface area contributed by atoms with Gasteiger partial charge in [-0.1, -0.05) is 12.1 Å². The van der Waals surface area contributed by atoms with Gasteiger partial charge in [-0.2, -0.15) is 0 Å². The first-order valence-electron chi connectivity index (χ1n) is 4.77. The van der Waals surface area contributed by atoms with Crippen molar-refractivity contribution in [3.05, 3.63) is 29.3 Å². The molecule has 0 unspecified atom stereocenters. The molecule has 2 heteroatoms. The Morgan fingerprint density at radius 1 is 1.23 bits per heavy atom. The molecule has 2 aliphatic heterocycles. The summed E-state index contributed by atoms with van der Waals surface area (Å²) in [6.45, 7) is 2.62. The largest absolute Gasteiger partial charge is 0.493 e. The number of rotatable bonds is 1. The summed E-state index contributed by atoms with van der Waals surface area (Å²) < 4.78 is 10.6. The van der Waals surface area contributed by atoms with Crippen molar-refractivity contribution in [2.45, 2.75) is 12.3 Å². The van der Waals surface area contributed by atoms with E-state index in [0.717, 1.165) is 32.0 Å². The first kappa shape index (κ1) is 7.39. The molecule has 0 atom stereocenters. The number of hydrogen-bond donors (Lipinski definition) is 0. The van der Waals surface area contributed by atoms with Gasteiger partial charge in [-0.25, -0.2) is 0 Å². The summed E-state index contributed by atoms with van der Waals surface area (Å²) in [6.07, 6.45) is 1.07. The van der Waals surface area contributed by atoms with Crippen molar-refractivity contribution in [1.29, 1.82) is 0 Å². The van der Waals surface area contributed by atoms with E-state index in [9.17, 15) is 0 Å². The van der Waals surface area contributed by atoms with Crippen LogP contribution in [0.1, 0.15) is 17.0 Å². The van der Waals surface area contributed by atoms with Gasteiger partial charge in [-0.3, -0.25) is 0 Å². The van der Waals surface area contributed by atoms with E-state index in [2.05, 4.69) is 18.2 Å². The average Bonchev–Trinajstić information content (AvgIpc) is 2.47. The molecule has 0 N–H and O–H groups in total. The third-order valence-corrected chi connectivity index (χ3v) is 2.82. The third kappa shape index (κ3) is 1.13. The van der Waals surface area contributed by atoms with E-state index in [0.29, 0.717) is 5.92 Å². The molecule has 68 valence electrons. The van der Waals surface area contributed by atoms with E-state index in [1.807, 2.05) is 0 Å². The van der Waals surface area contributed by atoms with E-state index in [-0.39, 0.29) is 0 Å². The van der Waals surface area contributed by atoms with Crippen LogP contribution in [0.25, 0.3) is 0 Å². The molecular weight excluding hydrogens is 164 g/mol. The fourth-order valence-corrected chi connectivity index (χ4v) is 1.89. The lowest BCUT2D eigenvalue weighted by Gasteiger charge is -2.26. The maximum absolute atomic E-state index is 5.45. The zero-order valence-corrected chi connectivity index (χ0v) is 7.45. The highest BCUT2D eigenvalue weighted by molar-refractivity contribution is 5.41. The molecule has 2 nitrogen and oxygen atoms in total. The predicted octanol–water partition coefficient (Wildman–Crippen LogP) is 1.74. The van der Waals surface area contributed by atoms with Gasteiger partial charge in [0.1, 0.15) is 5.75 Å². The molecule has 0 amide bonds. The van der Waals surface area contributed by atoms with Gasteiger partial charge in [-0.15, -0.1) is 0 Å². The molecule has 1 aromatic carbocycles. The fraction of sp³-hybridized carbons (Fsp3) is 0.455. The van der Waals surface area contributed by atoms with Crippen molar-refractivity contribution in [2.75, 3.05) is 19.8 Å². The Labute approximate surface area is 77.5 Å². The lowest BCUT2D eigenvalue weighted by molar-refractivity contribution is 0.00840. The minimum atomic E-state index is 0.630. The summed E-state index contributed by atoms with van der Waals surface area (Å²) in [5.74, 6) is 1.70. The molecule has 1 saturated heterocycles. The van der Waals surface area contributed by atoms with Crippen LogP contribution in [0.4, 0.5) is 0 Å². The Hall–Kier alpha value is -1.02. The quantitative estimate of drug-likeness (QED) is 0.648. The standard InChI is InChI=1S/C11H12O2/c1-2-11-9(3-4-13-11)5-8(1)10-6-12-7-10/h1-2,5,10H,3-4,6-7H2. The summed E-state index contributed by atoms with van der Waals surface area (Å²) in [7, 11) is 0. The lowest BCUT2D eigenvalue weighted by Crippen LogP contribution is -2.24.